The zero-order valence-electron chi connectivity index (χ0n) is 11.8. The molecule has 0 saturated heterocycles. The Kier molecular flexibility index (Phi) is 7.73. The summed E-state index contributed by atoms with van der Waals surface area (Å²) < 4.78 is 13.5. The number of aromatic nitrogens is 2. The van der Waals surface area contributed by atoms with E-state index in [1.54, 1.807) is 24.4 Å². The summed E-state index contributed by atoms with van der Waals surface area (Å²) in [5.41, 5.74) is 1.53. The molecule has 0 amide bonds. The molecule has 1 aromatic carbocycles. The molecule has 1 aromatic heterocycles. The molecule has 0 saturated carbocycles. The second kappa shape index (κ2) is 9.32. The zero-order valence-corrected chi connectivity index (χ0v) is 14.1. The van der Waals surface area contributed by atoms with Crippen molar-refractivity contribution >= 4 is 29.9 Å². The van der Waals surface area contributed by atoms with Crippen molar-refractivity contribution in [3.05, 3.63) is 53.6 Å². The first-order valence-corrected chi connectivity index (χ1v) is 6.53. The van der Waals surface area contributed by atoms with Gasteiger partial charge in [-0.15, -0.1) is 24.0 Å². The van der Waals surface area contributed by atoms with Crippen LogP contribution in [-0.2, 0) is 13.1 Å². The summed E-state index contributed by atoms with van der Waals surface area (Å²) in [6, 6.07) is 8.53. The minimum absolute atomic E-state index is 0. The van der Waals surface area contributed by atoms with Crippen molar-refractivity contribution in [2.24, 2.45) is 4.99 Å². The Morgan fingerprint density at radius 2 is 2.10 bits per heavy atom. The van der Waals surface area contributed by atoms with Crippen LogP contribution in [0.2, 0.25) is 0 Å². The van der Waals surface area contributed by atoms with Crippen LogP contribution in [0.15, 0.2) is 41.5 Å². The van der Waals surface area contributed by atoms with Crippen LogP contribution in [0.1, 0.15) is 18.2 Å². The van der Waals surface area contributed by atoms with Gasteiger partial charge in [-0.2, -0.15) is 5.10 Å². The molecule has 1 heterocycles. The summed E-state index contributed by atoms with van der Waals surface area (Å²) in [4.78, 5) is 4.36. The molecule has 0 fully saturated rings. The van der Waals surface area contributed by atoms with Crippen molar-refractivity contribution in [3.8, 4) is 0 Å². The minimum Gasteiger partial charge on any atom is -0.357 e. The molecule has 2 aromatic rings. The van der Waals surface area contributed by atoms with Crippen LogP contribution in [-0.4, -0.2) is 22.7 Å². The van der Waals surface area contributed by atoms with Gasteiger partial charge in [0.15, 0.2) is 5.96 Å². The van der Waals surface area contributed by atoms with Crippen LogP contribution >= 0.6 is 24.0 Å². The summed E-state index contributed by atoms with van der Waals surface area (Å²) in [6.07, 6.45) is 1.69. The van der Waals surface area contributed by atoms with Crippen LogP contribution in [0.4, 0.5) is 4.39 Å². The lowest BCUT2D eigenvalue weighted by molar-refractivity contribution is 0.610. The number of halogens is 2. The van der Waals surface area contributed by atoms with E-state index in [9.17, 15) is 4.39 Å². The predicted molar refractivity (Wildman–Crippen MR) is 92.1 cm³/mol. The Morgan fingerprint density at radius 3 is 2.76 bits per heavy atom. The predicted octanol–water partition coefficient (Wildman–Crippen LogP) is 2.42. The van der Waals surface area contributed by atoms with E-state index in [-0.39, 0.29) is 29.8 Å². The minimum atomic E-state index is -0.235. The van der Waals surface area contributed by atoms with Gasteiger partial charge in [-0.05, 0) is 19.1 Å². The molecule has 0 unspecified atom stereocenters. The van der Waals surface area contributed by atoms with Crippen LogP contribution in [0.3, 0.4) is 0 Å². The molecule has 21 heavy (non-hydrogen) atoms. The van der Waals surface area contributed by atoms with E-state index in [0.29, 0.717) is 24.6 Å². The second-order valence-corrected chi connectivity index (χ2v) is 4.22. The van der Waals surface area contributed by atoms with Crippen molar-refractivity contribution in [3.63, 3.8) is 0 Å². The standard InChI is InChI=1S/C14H18FN5.HI/c1-2-16-14(18-10-12-7-8-19-20-12)17-9-11-5-3-4-6-13(11)15;/h3-8H,2,9-10H2,1H3,(H,19,20)(H2,16,17,18);1H. The number of nitrogens with zero attached hydrogens (tertiary/aromatic N) is 2. The Balaban J connectivity index is 0.00000220. The van der Waals surface area contributed by atoms with Crippen LogP contribution in [0.5, 0.6) is 0 Å². The molecule has 0 aliphatic carbocycles. The molecule has 3 N–H and O–H groups in total. The van der Waals surface area contributed by atoms with E-state index >= 15 is 0 Å². The van der Waals surface area contributed by atoms with Gasteiger partial charge in [0.25, 0.3) is 0 Å². The van der Waals surface area contributed by atoms with Gasteiger partial charge in [-0.25, -0.2) is 9.38 Å². The van der Waals surface area contributed by atoms with E-state index in [2.05, 4.69) is 25.8 Å². The Morgan fingerprint density at radius 1 is 1.29 bits per heavy atom. The average molecular weight is 403 g/mol. The van der Waals surface area contributed by atoms with Gasteiger partial charge in [0.1, 0.15) is 5.82 Å². The van der Waals surface area contributed by atoms with E-state index in [1.165, 1.54) is 6.07 Å². The maximum Gasteiger partial charge on any atom is 0.191 e. The molecule has 0 spiro atoms. The maximum absolute atomic E-state index is 13.5. The van der Waals surface area contributed by atoms with Gasteiger partial charge >= 0.3 is 0 Å². The topological polar surface area (TPSA) is 65.1 Å². The fourth-order valence-electron chi connectivity index (χ4n) is 1.69. The number of benzene rings is 1. The van der Waals surface area contributed by atoms with Crippen LogP contribution < -0.4 is 10.6 Å². The molecule has 2 rings (SSSR count). The first-order valence-electron chi connectivity index (χ1n) is 6.53. The molecule has 7 heteroatoms. The third kappa shape index (κ3) is 5.70. The first-order chi connectivity index (χ1) is 9.79. The number of hydrogen-bond donors (Lipinski definition) is 3. The Labute approximate surface area is 140 Å². The van der Waals surface area contributed by atoms with Gasteiger partial charge < -0.3 is 10.6 Å². The highest BCUT2D eigenvalue weighted by Gasteiger charge is 2.02. The molecule has 0 bridgehead atoms. The molecule has 5 nitrogen and oxygen atoms in total. The number of H-pyrrole nitrogens is 1. The summed E-state index contributed by atoms with van der Waals surface area (Å²) in [7, 11) is 0. The Bertz CT molecular complexity index is 556. The number of aliphatic imine (C=N–C) groups is 1. The van der Waals surface area contributed by atoms with Gasteiger partial charge in [-0.1, -0.05) is 18.2 Å². The van der Waals surface area contributed by atoms with Crippen molar-refractivity contribution in [1.29, 1.82) is 0 Å². The quantitative estimate of drug-likeness (QED) is 0.408. The number of aromatic amines is 1. The van der Waals surface area contributed by atoms with E-state index in [4.69, 9.17) is 0 Å². The number of guanidine groups is 1. The van der Waals surface area contributed by atoms with Crippen LogP contribution in [0, 0.1) is 5.82 Å². The van der Waals surface area contributed by atoms with Crippen molar-refractivity contribution < 1.29 is 4.39 Å². The SMILES string of the molecule is CCNC(=NCc1ccccc1F)NCc1ccn[nH]1.I. The van der Waals surface area contributed by atoms with E-state index in [0.717, 1.165) is 12.2 Å². The number of nitrogens with one attached hydrogen (secondary N) is 3. The lowest BCUT2D eigenvalue weighted by Crippen LogP contribution is -2.36. The highest BCUT2D eigenvalue weighted by molar-refractivity contribution is 14.0. The van der Waals surface area contributed by atoms with Crippen molar-refractivity contribution in [2.75, 3.05) is 6.54 Å². The second-order valence-electron chi connectivity index (χ2n) is 4.22. The van der Waals surface area contributed by atoms with Gasteiger partial charge in [0.2, 0.25) is 0 Å². The lowest BCUT2D eigenvalue weighted by atomic mass is 10.2. The maximum atomic E-state index is 13.5. The first kappa shape index (κ1) is 17.4. The number of rotatable bonds is 5. The highest BCUT2D eigenvalue weighted by Crippen LogP contribution is 2.07. The van der Waals surface area contributed by atoms with Crippen molar-refractivity contribution in [1.82, 2.24) is 20.8 Å². The van der Waals surface area contributed by atoms with E-state index in [1.807, 2.05) is 13.0 Å². The highest BCUT2D eigenvalue weighted by atomic mass is 127. The Hall–Kier alpha value is -1.64. The van der Waals surface area contributed by atoms with Gasteiger partial charge in [-0.3, -0.25) is 5.10 Å². The zero-order chi connectivity index (χ0) is 14.2. The summed E-state index contributed by atoms with van der Waals surface area (Å²) in [5, 5.41) is 13.0. The normalized spacial score (nSPS) is 10.9. The summed E-state index contributed by atoms with van der Waals surface area (Å²) in [6.45, 7) is 3.61. The third-order valence-electron chi connectivity index (χ3n) is 2.71. The fraction of sp³-hybridized carbons (Fsp3) is 0.286. The van der Waals surface area contributed by atoms with Gasteiger partial charge in [0.05, 0.1) is 18.8 Å². The molecule has 0 atom stereocenters. The smallest absolute Gasteiger partial charge is 0.191 e. The summed E-state index contributed by atoms with van der Waals surface area (Å²) in [5.74, 6) is 0.408. The molecular weight excluding hydrogens is 384 g/mol. The largest absolute Gasteiger partial charge is 0.357 e. The van der Waals surface area contributed by atoms with Crippen LogP contribution in [0.25, 0.3) is 0 Å². The molecule has 0 radical (unpaired) electrons. The monoisotopic (exact) mass is 403 g/mol. The average Bonchev–Trinajstić information content (AvgIpc) is 2.97. The molecule has 0 aliphatic rings. The summed E-state index contributed by atoms with van der Waals surface area (Å²) >= 11 is 0. The third-order valence-corrected chi connectivity index (χ3v) is 2.71. The molecule has 114 valence electrons. The fourth-order valence-corrected chi connectivity index (χ4v) is 1.69. The van der Waals surface area contributed by atoms with Gasteiger partial charge in [0, 0.05) is 18.3 Å². The lowest BCUT2D eigenvalue weighted by Gasteiger charge is -2.10. The van der Waals surface area contributed by atoms with Crippen molar-refractivity contribution in [2.45, 2.75) is 20.0 Å². The molecular formula is C14H19FIN5. The van der Waals surface area contributed by atoms with E-state index < -0.39 is 0 Å². The molecule has 0 aliphatic heterocycles. The number of hydrogen-bond acceptors (Lipinski definition) is 2.